The Morgan fingerprint density at radius 1 is 1.11 bits per heavy atom. The third-order valence-corrected chi connectivity index (χ3v) is 6.45. The average molecular weight is 401 g/mol. The van der Waals surface area contributed by atoms with Gasteiger partial charge in [-0.3, -0.25) is 4.79 Å². The first-order chi connectivity index (χ1) is 13.5. The highest BCUT2D eigenvalue weighted by Crippen LogP contribution is 2.21. The van der Waals surface area contributed by atoms with Gasteiger partial charge in [-0.05, 0) is 43.2 Å². The number of amides is 1. The largest absolute Gasteiger partial charge is 0.496 e. The highest BCUT2D eigenvalue weighted by Gasteiger charge is 2.26. The second-order valence-electron chi connectivity index (χ2n) is 6.43. The molecule has 1 aliphatic heterocycles. The van der Waals surface area contributed by atoms with Gasteiger partial charge in [-0.1, -0.05) is 24.6 Å². The molecular weight excluding hydrogens is 378 g/mol. The summed E-state index contributed by atoms with van der Waals surface area (Å²) in [7, 11) is -2.04. The Balaban J connectivity index is 1.72. The van der Waals surface area contributed by atoms with E-state index in [0.29, 0.717) is 24.4 Å². The molecule has 1 N–H and O–H groups in total. The van der Waals surface area contributed by atoms with E-state index in [1.807, 2.05) is 12.1 Å². The number of hydrogen-bond donors (Lipinski definition) is 1. The number of rotatable bonds is 6. The Labute approximate surface area is 165 Å². The van der Waals surface area contributed by atoms with Gasteiger partial charge in [-0.2, -0.15) is 9.41 Å². The first-order valence-corrected chi connectivity index (χ1v) is 10.5. The summed E-state index contributed by atoms with van der Waals surface area (Å²) < 4.78 is 32.3. The molecule has 2 aromatic rings. The number of methoxy groups -OCH3 is 1. The van der Waals surface area contributed by atoms with Gasteiger partial charge in [-0.15, -0.1) is 0 Å². The lowest BCUT2D eigenvalue weighted by Gasteiger charge is -2.25. The highest BCUT2D eigenvalue weighted by molar-refractivity contribution is 7.89. The number of carbonyl (C=O) groups excluding carboxylic acids is 1. The van der Waals surface area contributed by atoms with Crippen LogP contribution in [0.4, 0.5) is 0 Å². The van der Waals surface area contributed by atoms with E-state index in [9.17, 15) is 13.2 Å². The molecular formula is C20H23N3O4S. The van der Waals surface area contributed by atoms with Gasteiger partial charge in [0.25, 0.3) is 5.91 Å². The van der Waals surface area contributed by atoms with Crippen LogP contribution in [0.25, 0.3) is 0 Å². The minimum Gasteiger partial charge on any atom is -0.496 e. The van der Waals surface area contributed by atoms with Crippen molar-refractivity contribution in [2.24, 2.45) is 5.10 Å². The zero-order valence-corrected chi connectivity index (χ0v) is 16.5. The Morgan fingerprint density at radius 3 is 2.61 bits per heavy atom. The molecule has 0 unspecified atom stereocenters. The zero-order chi connectivity index (χ0) is 20.0. The van der Waals surface area contributed by atoms with E-state index >= 15 is 0 Å². The molecule has 1 heterocycles. The number of nitrogens with zero attached hydrogens (tertiary/aromatic N) is 2. The number of nitrogens with one attached hydrogen (secondary N) is 1. The summed E-state index contributed by atoms with van der Waals surface area (Å²) in [6.07, 6.45) is 4.23. The fraction of sp³-hybridized carbons (Fsp3) is 0.300. The van der Waals surface area contributed by atoms with Gasteiger partial charge in [0.2, 0.25) is 10.0 Å². The molecule has 7 nitrogen and oxygen atoms in total. The molecule has 0 spiro atoms. The predicted molar refractivity (Wildman–Crippen MR) is 107 cm³/mol. The van der Waals surface area contributed by atoms with Crippen molar-refractivity contribution in [2.75, 3.05) is 20.2 Å². The van der Waals surface area contributed by atoms with Crippen LogP contribution >= 0.6 is 0 Å². The summed E-state index contributed by atoms with van der Waals surface area (Å²) in [5.74, 6) is 0.150. The summed E-state index contributed by atoms with van der Waals surface area (Å²) in [5, 5.41) is 3.94. The Kier molecular flexibility index (Phi) is 6.43. The molecule has 8 heteroatoms. The van der Waals surface area contributed by atoms with Crippen LogP contribution < -0.4 is 10.2 Å². The van der Waals surface area contributed by atoms with Gasteiger partial charge in [-0.25, -0.2) is 13.8 Å². The molecule has 0 saturated carbocycles. The van der Waals surface area contributed by atoms with Crippen LogP contribution in [0.3, 0.4) is 0 Å². The molecule has 148 valence electrons. The van der Waals surface area contributed by atoms with Crippen molar-refractivity contribution >= 4 is 22.1 Å². The van der Waals surface area contributed by atoms with Gasteiger partial charge in [0.15, 0.2) is 0 Å². The maximum atomic E-state index is 12.8. The van der Waals surface area contributed by atoms with Crippen LogP contribution in [0, 0.1) is 0 Å². The highest BCUT2D eigenvalue weighted by atomic mass is 32.2. The molecule has 0 atom stereocenters. The number of hydrazone groups is 1. The molecule has 3 rings (SSSR count). The van der Waals surface area contributed by atoms with E-state index in [1.54, 1.807) is 31.4 Å². The van der Waals surface area contributed by atoms with Crippen LogP contribution in [-0.4, -0.2) is 45.0 Å². The lowest BCUT2D eigenvalue weighted by Crippen LogP contribution is -2.35. The molecule has 1 amide bonds. The Morgan fingerprint density at radius 2 is 1.86 bits per heavy atom. The summed E-state index contributed by atoms with van der Waals surface area (Å²) in [4.78, 5) is 12.5. The predicted octanol–water partition coefficient (Wildman–Crippen LogP) is 2.63. The van der Waals surface area contributed by atoms with Gasteiger partial charge in [0, 0.05) is 24.2 Å². The summed E-state index contributed by atoms with van der Waals surface area (Å²) in [6, 6.07) is 13.3. The maximum Gasteiger partial charge on any atom is 0.271 e. The number of carbonyl (C=O) groups is 1. The van der Waals surface area contributed by atoms with Crippen LogP contribution in [0.1, 0.15) is 35.2 Å². The number of ether oxygens (including phenoxy) is 1. The normalized spacial score (nSPS) is 15.5. The van der Waals surface area contributed by atoms with Crippen LogP contribution in [-0.2, 0) is 10.0 Å². The van der Waals surface area contributed by atoms with Crippen molar-refractivity contribution in [1.82, 2.24) is 9.73 Å². The van der Waals surface area contributed by atoms with Crippen LogP contribution in [0.2, 0.25) is 0 Å². The first-order valence-electron chi connectivity index (χ1n) is 9.09. The second-order valence-corrected chi connectivity index (χ2v) is 8.37. The fourth-order valence-corrected chi connectivity index (χ4v) is 4.61. The van der Waals surface area contributed by atoms with Crippen molar-refractivity contribution < 1.29 is 17.9 Å². The number of sulfonamides is 1. The molecule has 0 bridgehead atoms. The standard InChI is InChI=1S/C20H23N3O4S/c1-27-19-11-4-3-8-17(19)15-21-22-20(24)16-9-7-10-18(14-16)28(25,26)23-12-5-2-6-13-23/h3-4,7-11,14-15H,2,5-6,12-13H2,1H3,(H,22,24)/b21-15+. The van der Waals surface area contributed by atoms with Gasteiger partial charge < -0.3 is 4.74 Å². The topological polar surface area (TPSA) is 88.1 Å². The quantitative estimate of drug-likeness (QED) is 0.595. The van der Waals surface area contributed by atoms with E-state index in [1.165, 1.54) is 22.7 Å². The smallest absolute Gasteiger partial charge is 0.271 e. The lowest BCUT2D eigenvalue weighted by molar-refractivity contribution is 0.0955. The summed E-state index contributed by atoms with van der Waals surface area (Å²) in [5.41, 5.74) is 3.37. The average Bonchev–Trinajstić information content (AvgIpc) is 2.74. The monoisotopic (exact) mass is 401 g/mol. The van der Waals surface area contributed by atoms with Crippen molar-refractivity contribution in [2.45, 2.75) is 24.2 Å². The zero-order valence-electron chi connectivity index (χ0n) is 15.7. The minimum absolute atomic E-state index is 0.121. The van der Waals surface area contributed by atoms with E-state index in [0.717, 1.165) is 19.3 Å². The SMILES string of the molecule is COc1ccccc1/C=N/NC(=O)c1cccc(S(=O)(=O)N2CCCCC2)c1. The first kappa shape index (κ1) is 20.0. The Hall–Kier alpha value is -2.71. The van der Waals surface area contributed by atoms with Crippen molar-refractivity contribution in [1.29, 1.82) is 0 Å². The van der Waals surface area contributed by atoms with E-state index in [4.69, 9.17) is 4.74 Å². The minimum atomic E-state index is -3.59. The third-order valence-electron chi connectivity index (χ3n) is 4.56. The number of para-hydroxylation sites is 1. The van der Waals surface area contributed by atoms with Crippen LogP contribution in [0.15, 0.2) is 58.5 Å². The van der Waals surface area contributed by atoms with E-state index < -0.39 is 15.9 Å². The molecule has 0 aromatic heterocycles. The van der Waals surface area contributed by atoms with Crippen molar-refractivity contribution in [3.05, 3.63) is 59.7 Å². The molecule has 0 radical (unpaired) electrons. The van der Waals surface area contributed by atoms with E-state index in [2.05, 4.69) is 10.5 Å². The maximum absolute atomic E-state index is 12.8. The molecule has 1 aliphatic rings. The molecule has 2 aromatic carbocycles. The molecule has 1 fully saturated rings. The third kappa shape index (κ3) is 4.58. The Bertz CT molecular complexity index is 967. The van der Waals surface area contributed by atoms with E-state index in [-0.39, 0.29) is 10.5 Å². The summed E-state index contributed by atoms with van der Waals surface area (Å²) in [6.45, 7) is 1.03. The van der Waals surface area contributed by atoms with Gasteiger partial charge in [0.1, 0.15) is 5.75 Å². The molecule has 0 aliphatic carbocycles. The molecule has 28 heavy (non-hydrogen) atoms. The van der Waals surface area contributed by atoms with Gasteiger partial charge >= 0.3 is 0 Å². The molecule has 1 saturated heterocycles. The van der Waals surface area contributed by atoms with Crippen molar-refractivity contribution in [3.8, 4) is 5.75 Å². The number of benzene rings is 2. The number of hydrogen-bond acceptors (Lipinski definition) is 5. The fourth-order valence-electron chi connectivity index (χ4n) is 3.05. The number of piperidine rings is 1. The lowest BCUT2D eigenvalue weighted by atomic mass is 10.2. The van der Waals surface area contributed by atoms with Crippen molar-refractivity contribution in [3.63, 3.8) is 0 Å². The summed E-state index contributed by atoms with van der Waals surface area (Å²) >= 11 is 0. The van der Waals surface area contributed by atoms with Gasteiger partial charge in [0.05, 0.1) is 18.2 Å². The second kappa shape index (κ2) is 8.99. The van der Waals surface area contributed by atoms with Crippen LogP contribution in [0.5, 0.6) is 5.75 Å².